The van der Waals surface area contributed by atoms with Gasteiger partial charge < -0.3 is 10.6 Å². The number of hydrogen-bond donors (Lipinski definition) is 2. The third-order valence-electron chi connectivity index (χ3n) is 5.63. The van der Waals surface area contributed by atoms with Gasteiger partial charge >= 0.3 is 0 Å². The monoisotopic (exact) mass is 435 g/mol. The Bertz CT molecular complexity index is 745. The molecule has 2 aliphatic rings. The summed E-state index contributed by atoms with van der Waals surface area (Å²) in [4.78, 5) is 15.1. The van der Waals surface area contributed by atoms with Crippen LogP contribution in [0.25, 0.3) is 0 Å². The van der Waals surface area contributed by atoms with Crippen molar-refractivity contribution in [1.82, 2.24) is 9.62 Å². The molecule has 0 bridgehead atoms. The van der Waals surface area contributed by atoms with Crippen LogP contribution in [0.1, 0.15) is 61.5 Å². The Morgan fingerprint density at radius 1 is 1.33 bits per heavy atom. The largest absolute Gasteiger partial charge is 0.337 e. The predicted molar refractivity (Wildman–Crippen MR) is 111 cm³/mol. The van der Waals surface area contributed by atoms with Crippen LogP contribution in [-0.4, -0.2) is 44.9 Å². The first-order chi connectivity index (χ1) is 12.3. The van der Waals surface area contributed by atoms with Crippen molar-refractivity contribution >= 4 is 39.7 Å². The van der Waals surface area contributed by atoms with Gasteiger partial charge in [-0.1, -0.05) is 32.6 Å². The van der Waals surface area contributed by atoms with Crippen LogP contribution in [0.15, 0.2) is 16.3 Å². The highest BCUT2D eigenvalue weighted by Crippen LogP contribution is 2.32. The van der Waals surface area contributed by atoms with Crippen LogP contribution in [0.2, 0.25) is 0 Å². The number of amides is 1. The second-order valence-corrected chi connectivity index (χ2v) is 10.5. The molecule has 6 nitrogen and oxygen atoms in total. The van der Waals surface area contributed by atoms with E-state index in [1.165, 1.54) is 11.3 Å². The summed E-state index contributed by atoms with van der Waals surface area (Å²) < 4.78 is 28.6. The summed E-state index contributed by atoms with van der Waals surface area (Å²) in [6.07, 6.45) is 7.01. The van der Waals surface area contributed by atoms with E-state index in [4.69, 9.17) is 5.73 Å². The zero-order valence-electron chi connectivity index (χ0n) is 15.8. The second kappa shape index (κ2) is 9.22. The number of likely N-dealkylation sites (tertiary alicyclic amines) is 1. The van der Waals surface area contributed by atoms with Crippen molar-refractivity contribution in [1.29, 1.82) is 0 Å². The van der Waals surface area contributed by atoms with E-state index < -0.39 is 10.0 Å². The van der Waals surface area contributed by atoms with Crippen LogP contribution in [-0.2, 0) is 10.0 Å². The predicted octanol–water partition coefficient (Wildman–Crippen LogP) is 2.98. The number of carbonyl (C=O) groups is 1. The Morgan fingerprint density at radius 2 is 2.00 bits per heavy atom. The molecule has 0 aromatic carbocycles. The molecule has 2 fully saturated rings. The molecule has 1 saturated heterocycles. The highest BCUT2D eigenvalue weighted by Gasteiger charge is 2.37. The van der Waals surface area contributed by atoms with Crippen LogP contribution in [0, 0.1) is 5.41 Å². The zero-order chi connectivity index (χ0) is 18.8. The fourth-order valence-electron chi connectivity index (χ4n) is 3.85. The molecule has 1 aliphatic carbocycles. The maximum atomic E-state index is 12.9. The standard InChI is InChI=1S/C18H29N3O3S2.ClH/c1-18(12-19)9-10-21(13-18)17(22)16-15(8-11-25-16)26(23,24)20-14-6-4-2-3-5-7-14;/h8,11,14,20H,2-7,9-10,12-13,19H2,1H3;1H. The lowest BCUT2D eigenvalue weighted by Gasteiger charge is -2.22. The molecule has 154 valence electrons. The molecule has 1 amide bonds. The lowest BCUT2D eigenvalue weighted by atomic mass is 9.90. The Kier molecular flexibility index (Phi) is 7.72. The third kappa shape index (κ3) is 5.23. The maximum Gasteiger partial charge on any atom is 0.265 e. The van der Waals surface area contributed by atoms with E-state index >= 15 is 0 Å². The van der Waals surface area contributed by atoms with Gasteiger partial charge in [-0.2, -0.15) is 0 Å². The molecule has 1 saturated carbocycles. The zero-order valence-corrected chi connectivity index (χ0v) is 18.2. The number of rotatable bonds is 5. The van der Waals surface area contributed by atoms with Gasteiger partial charge in [-0.05, 0) is 42.7 Å². The minimum atomic E-state index is -3.68. The highest BCUT2D eigenvalue weighted by molar-refractivity contribution is 7.89. The number of thiophene rings is 1. The molecule has 1 unspecified atom stereocenters. The minimum Gasteiger partial charge on any atom is -0.337 e. The molecule has 1 aromatic heterocycles. The first-order valence-electron chi connectivity index (χ1n) is 9.44. The molecule has 27 heavy (non-hydrogen) atoms. The van der Waals surface area contributed by atoms with E-state index in [1.54, 1.807) is 16.3 Å². The minimum absolute atomic E-state index is 0. The van der Waals surface area contributed by atoms with Gasteiger partial charge in [0.1, 0.15) is 9.77 Å². The van der Waals surface area contributed by atoms with Gasteiger partial charge in [0.05, 0.1) is 0 Å². The van der Waals surface area contributed by atoms with Gasteiger partial charge in [-0.15, -0.1) is 23.7 Å². The average molecular weight is 436 g/mol. The number of carbonyl (C=O) groups excluding carboxylic acids is 1. The number of hydrogen-bond acceptors (Lipinski definition) is 5. The number of halogens is 1. The van der Waals surface area contributed by atoms with E-state index in [-0.39, 0.29) is 34.7 Å². The first kappa shape index (κ1) is 22.6. The summed E-state index contributed by atoms with van der Waals surface area (Å²) in [6, 6.07) is 1.52. The molecule has 0 radical (unpaired) electrons. The van der Waals surface area contributed by atoms with Gasteiger partial charge in [0.15, 0.2) is 0 Å². The smallest absolute Gasteiger partial charge is 0.265 e. The molecule has 3 rings (SSSR count). The average Bonchev–Trinajstić information content (AvgIpc) is 3.18. The summed E-state index contributed by atoms with van der Waals surface area (Å²) in [5.74, 6) is -0.196. The van der Waals surface area contributed by atoms with Crippen LogP contribution in [0.5, 0.6) is 0 Å². The van der Waals surface area contributed by atoms with Crippen molar-refractivity contribution < 1.29 is 13.2 Å². The van der Waals surface area contributed by atoms with Crippen LogP contribution in [0.4, 0.5) is 0 Å². The molecule has 1 atom stereocenters. The van der Waals surface area contributed by atoms with Crippen molar-refractivity contribution in [2.75, 3.05) is 19.6 Å². The molecule has 3 N–H and O–H groups in total. The lowest BCUT2D eigenvalue weighted by Crippen LogP contribution is -2.37. The quantitative estimate of drug-likeness (QED) is 0.695. The van der Waals surface area contributed by atoms with Gasteiger partial charge in [0, 0.05) is 19.1 Å². The fraction of sp³-hybridized carbons (Fsp3) is 0.722. The van der Waals surface area contributed by atoms with Crippen molar-refractivity contribution in [2.45, 2.75) is 62.8 Å². The normalized spacial score (nSPS) is 24.4. The Labute approximate surface area is 172 Å². The molecule has 9 heteroatoms. The van der Waals surface area contributed by atoms with Gasteiger partial charge in [-0.3, -0.25) is 4.79 Å². The fourth-order valence-corrected chi connectivity index (χ4v) is 6.55. The van der Waals surface area contributed by atoms with Crippen molar-refractivity contribution in [3.05, 3.63) is 16.3 Å². The third-order valence-corrected chi connectivity index (χ3v) is 8.22. The molecule has 1 aromatic rings. The summed E-state index contributed by atoms with van der Waals surface area (Å²) in [5, 5.41) is 1.69. The highest BCUT2D eigenvalue weighted by atomic mass is 35.5. The van der Waals surface area contributed by atoms with E-state index in [0.29, 0.717) is 24.5 Å². The Hall–Kier alpha value is -0.670. The maximum absolute atomic E-state index is 12.9. The summed E-state index contributed by atoms with van der Waals surface area (Å²) in [7, 11) is -3.68. The Balaban J connectivity index is 0.00000261. The van der Waals surface area contributed by atoms with E-state index in [9.17, 15) is 13.2 Å². The SMILES string of the molecule is CC1(CN)CCN(C(=O)c2sccc2S(=O)(=O)NC2CCCCCC2)C1.Cl. The second-order valence-electron chi connectivity index (χ2n) is 7.92. The topological polar surface area (TPSA) is 92.5 Å². The first-order valence-corrected chi connectivity index (χ1v) is 11.8. The molecular formula is C18H30ClN3O3S2. The number of sulfonamides is 1. The number of nitrogens with zero attached hydrogens (tertiary/aromatic N) is 1. The number of nitrogens with one attached hydrogen (secondary N) is 1. The lowest BCUT2D eigenvalue weighted by molar-refractivity contribution is 0.0778. The summed E-state index contributed by atoms with van der Waals surface area (Å²) in [5.41, 5.74) is 5.75. The van der Waals surface area contributed by atoms with E-state index in [0.717, 1.165) is 44.9 Å². The summed E-state index contributed by atoms with van der Waals surface area (Å²) in [6.45, 7) is 3.80. The van der Waals surface area contributed by atoms with Gasteiger partial charge in [-0.25, -0.2) is 13.1 Å². The Morgan fingerprint density at radius 3 is 2.59 bits per heavy atom. The summed E-state index contributed by atoms with van der Waals surface area (Å²) >= 11 is 1.20. The van der Waals surface area contributed by atoms with Crippen molar-refractivity contribution in [2.24, 2.45) is 11.1 Å². The van der Waals surface area contributed by atoms with Crippen molar-refractivity contribution in [3.63, 3.8) is 0 Å². The van der Waals surface area contributed by atoms with Crippen LogP contribution >= 0.6 is 23.7 Å². The van der Waals surface area contributed by atoms with Crippen LogP contribution in [0.3, 0.4) is 0 Å². The van der Waals surface area contributed by atoms with Gasteiger partial charge in [0.2, 0.25) is 10.0 Å². The molecule has 0 spiro atoms. The number of nitrogens with two attached hydrogens (primary N) is 1. The van der Waals surface area contributed by atoms with E-state index in [1.807, 2.05) is 0 Å². The van der Waals surface area contributed by atoms with Crippen molar-refractivity contribution in [3.8, 4) is 0 Å². The molecule has 2 heterocycles. The molecule has 1 aliphatic heterocycles. The van der Waals surface area contributed by atoms with Gasteiger partial charge in [0.25, 0.3) is 5.91 Å². The molecular weight excluding hydrogens is 406 g/mol. The van der Waals surface area contributed by atoms with Crippen LogP contribution < -0.4 is 10.5 Å². The van der Waals surface area contributed by atoms with E-state index in [2.05, 4.69) is 11.6 Å².